The number of nitrogens with zero attached hydrogens (tertiary/aromatic N) is 6. The summed E-state index contributed by atoms with van der Waals surface area (Å²) in [5.41, 5.74) is 3.28. The summed E-state index contributed by atoms with van der Waals surface area (Å²) in [4.78, 5) is 25.1. The van der Waals surface area contributed by atoms with Gasteiger partial charge in [-0.25, -0.2) is 0 Å². The van der Waals surface area contributed by atoms with E-state index in [0.29, 0.717) is 12.1 Å². The van der Waals surface area contributed by atoms with Gasteiger partial charge in [0.2, 0.25) is 0 Å². The highest BCUT2D eigenvalue weighted by molar-refractivity contribution is 5.48. The second-order valence-electron chi connectivity index (χ2n) is 8.34. The Morgan fingerprint density at radius 3 is 2.23 bits per heavy atom. The first kappa shape index (κ1) is 22.9. The lowest BCUT2D eigenvalue weighted by molar-refractivity contribution is -0.389. The zero-order valence-electron chi connectivity index (χ0n) is 18.9. The second kappa shape index (κ2) is 10.5. The van der Waals surface area contributed by atoms with Gasteiger partial charge in [0.05, 0.1) is 17.6 Å². The van der Waals surface area contributed by atoms with Gasteiger partial charge in [-0.15, -0.1) is 0 Å². The summed E-state index contributed by atoms with van der Waals surface area (Å²) in [5, 5.41) is 13.9. The molecule has 0 amide bonds. The van der Waals surface area contributed by atoms with Crippen LogP contribution in [0.4, 0.5) is 17.2 Å². The summed E-state index contributed by atoms with van der Waals surface area (Å²) in [5.74, 6) is -0.101. The molecule has 2 aliphatic heterocycles. The van der Waals surface area contributed by atoms with Crippen LogP contribution in [0, 0.1) is 17.0 Å². The maximum atomic E-state index is 10.5. The SMILES string of the molecule is C[C@H]1CN(C)CCN1c1ccc([N+](=O)[O-])nc1.Cc1ccc(N2CCNC[C@@H]2C)cn1. The van der Waals surface area contributed by atoms with Gasteiger partial charge in [-0.1, -0.05) is 0 Å². The molecule has 4 rings (SSSR count). The number of aryl methyl sites for hydroxylation is 1. The number of hydrogen-bond acceptors (Lipinski definition) is 8. The Morgan fingerprint density at radius 1 is 1.00 bits per heavy atom. The molecule has 1 N–H and O–H groups in total. The van der Waals surface area contributed by atoms with Crippen LogP contribution < -0.4 is 15.1 Å². The van der Waals surface area contributed by atoms with Crippen molar-refractivity contribution in [3.8, 4) is 0 Å². The molecule has 0 radical (unpaired) electrons. The Balaban J connectivity index is 0.000000179. The topological polar surface area (TPSA) is 90.7 Å². The van der Waals surface area contributed by atoms with Crippen molar-refractivity contribution in [1.29, 1.82) is 0 Å². The van der Waals surface area contributed by atoms with Gasteiger partial charge in [0.15, 0.2) is 6.20 Å². The van der Waals surface area contributed by atoms with Gasteiger partial charge < -0.3 is 30.1 Å². The Bertz CT molecular complexity index is 844. The Labute approximate surface area is 184 Å². The number of piperazine rings is 2. The summed E-state index contributed by atoms with van der Waals surface area (Å²) < 4.78 is 0. The quantitative estimate of drug-likeness (QED) is 0.590. The van der Waals surface area contributed by atoms with Crippen molar-refractivity contribution in [2.45, 2.75) is 32.9 Å². The fourth-order valence-corrected chi connectivity index (χ4v) is 4.03. The van der Waals surface area contributed by atoms with Gasteiger partial charge in [0.25, 0.3) is 0 Å². The van der Waals surface area contributed by atoms with Gasteiger partial charge in [-0.2, -0.15) is 0 Å². The van der Waals surface area contributed by atoms with Crippen molar-refractivity contribution in [1.82, 2.24) is 20.2 Å². The molecular weight excluding hydrogens is 394 g/mol. The Hall–Kier alpha value is -2.78. The molecule has 0 unspecified atom stereocenters. The Morgan fingerprint density at radius 2 is 1.68 bits per heavy atom. The normalized spacial score (nSPS) is 21.9. The lowest BCUT2D eigenvalue weighted by Crippen LogP contribution is -2.50. The summed E-state index contributed by atoms with van der Waals surface area (Å²) in [7, 11) is 2.10. The van der Waals surface area contributed by atoms with Gasteiger partial charge in [-0.05, 0) is 55.9 Å². The average Bonchev–Trinajstić information content (AvgIpc) is 2.75. The molecule has 2 atom stereocenters. The molecule has 2 saturated heterocycles. The summed E-state index contributed by atoms with van der Waals surface area (Å²) in [6.07, 6.45) is 3.55. The number of nitrogens with one attached hydrogen (secondary N) is 1. The number of likely N-dealkylation sites (N-methyl/N-ethyl adjacent to an activating group) is 1. The van der Waals surface area contributed by atoms with E-state index in [4.69, 9.17) is 0 Å². The molecule has 2 fully saturated rings. The molecule has 0 saturated carbocycles. The van der Waals surface area contributed by atoms with E-state index < -0.39 is 4.92 Å². The van der Waals surface area contributed by atoms with Crippen LogP contribution in [0.5, 0.6) is 0 Å². The smallest absolute Gasteiger partial charge is 0.363 e. The molecule has 9 heteroatoms. The summed E-state index contributed by atoms with van der Waals surface area (Å²) in [6, 6.07) is 8.42. The summed E-state index contributed by atoms with van der Waals surface area (Å²) in [6.45, 7) is 12.5. The van der Waals surface area contributed by atoms with Crippen LogP contribution in [-0.2, 0) is 0 Å². The van der Waals surface area contributed by atoms with E-state index in [2.05, 4.69) is 63.0 Å². The first-order valence-electron chi connectivity index (χ1n) is 10.8. The molecule has 4 heterocycles. The van der Waals surface area contributed by atoms with Gasteiger partial charge in [0.1, 0.15) is 0 Å². The number of aromatic nitrogens is 2. The zero-order chi connectivity index (χ0) is 22.4. The van der Waals surface area contributed by atoms with Crippen molar-refractivity contribution in [2.75, 3.05) is 56.1 Å². The maximum Gasteiger partial charge on any atom is 0.363 e. The van der Waals surface area contributed by atoms with Crippen LogP contribution >= 0.6 is 0 Å². The third kappa shape index (κ3) is 6.11. The van der Waals surface area contributed by atoms with Gasteiger partial charge in [0, 0.05) is 63.1 Å². The lowest BCUT2D eigenvalue weighted by Gasteiger charge is -2.39. The first-order valence-corrected chi connectivity index (χ1v) is 10.8. The second-order valence-corrected chi connectivity index (χ2v) is 8.34. The van der Waals surface area contributed by atoms with Crippen LogP contribution in [0.25, 0.3) is 0 Å². The van der Waals surface area contributed by atoms with E-state index in [1.165, 1.54) is 11.8 Å². The molecule has 9 nitrogen and oxygen atoms in total. The van der Waals surface area contributed by atoms with Crippen LogP contribution in [0.15, 0.2) is 36.7 Å². The molecule has 2 aromatic rings. The molecule has 0 aromatic carbocycles. The lowest BCUT2D eigenvalue weighted by atomic mass is 10.2. The number of rotatable bonds is 3. The van der Waals surface area contributed by atoms with E-state index in [1.54, 1.807) is 12.3 Å². The third-order valence-electron chi connectivity index (χ3n) is 5.81. The molecule has 2 aromatic heterocycles. The zero-order valence-corrected chi connectivity index (χ0v) is 18.9. The third-order valence-corrected chi connectivity index (χ3v) is 5.81. The first-order chi connectivity index (χ1) is 14.8. The predicted octanol–water partition coefficient (Wildman–Crippen LogP) is 2.32. The van der Waals surface area contributed by atoms with Crippen LogP contribution in [0.3, 0.4) is 0 Å². The number of pyridine rings is 2. The molecule has 31 heavy (non-hydrogen) atoms. The molecule has 2 aliphatic rings. The van der Waals surface area contributed by atoms with E-state index in [9.17, 15) is 10.1 Å². The van der Waals surface area contributed by atoms with Crippen LogP contribution in [-0.4, -0.2) is 78.2 Å². The molecule has 0 aliphatic carbocycles. The van der Waals surface area contributed by atoms with Crippen molar-refractivity contribution < 1.29 is 4.92 Å². The molecule has 0 spiro atoms. The van der Waals surface area contributed by atoms with Crippen molar-refractivity contribution in [3.63, 3.8) is 0 Å². The minimum Gasteiger partial charge on any atom is -0.365 e. The monoisotopic (exact) mass is 427 g/mol. The van der Waals surface area contributed by atoms with E-state index >= 15 is 0 Å². The van der Waals surface area contributed by atoms with E-state index in [1.807, 2.05) is 13.1 Å². The fraction of sp³-hybridized carbons (Fsp3) is 0.545. The molecule has 168 valence electrons. The Kier molecular flexibility index (Phi) is 7.75. The molecule has 0 bridgehead atoms. The summed E-state index contributed by atoms with van der Waals surface area (Å²) >= 11 is 0. The average molecular weight is 428 g/mol. The maximum absolute atomic E-state index is 10.5. The van der Waals surface area contributed by atoms with Gasteiger partial charge >= 0.3 is 5.82 Å². The highest BCUT2D eigenvalue weighted by Gasteiger charge is 2.23. The largest absolute Gasteiger partial charge is 0.365 e. The van der Waals surface area contributed by atoms with E-state index in [0.717, 1.165) is 50.6 Å². The van der Waals surface area contributed by atoms with Crippen LogP contribution in [0.1, 0.15) is 19.5 Å². The van der Waals surface area contributed by atoms with Crippen molar-refractivity contribution >= 4 is 17.2 Å². The van der Waals surface area contributed by atoms with Crippen molar-refractivity contribution in [3.05, 3.63) is 52.5 Å². The molecular formula is C22H33N7O2. The minimum atomic E-state index is -0.475. The highest BCUT2D eigenvalue weighted by Crippen LogP contribution is 2.21. The highest BCUT2D eigenvalue weighted by atomic mass is 16.6. The number of nitro groups is 1. The van der Waals surface area contributed by atoms with Crippen molar-refractivity contribution in [2.24, 2.45) is 0 Å². The van der Waals surface area contributed by atoms with Crippen LogP contribution in [0.2, 0.25) is 0 Å². The van der Waals surface area contributed by atoms with Gasteiger partial charge in [-0.3, -0.25) is 4.98 Å². The van der Waals surface area contributed by atoms with E-state index in [-0.39, 0.29) is 5.82 Å². The number of anilines is 2. The standard InChI is InChI=1S/C11H16N4O2.C11H17N3/c1-9-8-13(2)5-6-14(9)10-3-4-11(12-7-10)15(16)17;1-9-3-4-11(8-13-9)14-6-5-12-7-10(14)2/h3-4,7,9H,5-6,8H2,1-2H3;3-4,8,10,12H,5-7H2,1-2H3/t9-;10-/m00/s1. The number of hydrogen-bond donors (Lipinski definition) is 1. The predicted molar refractivity (Wildman–Crippen MR) is 124 cm³/mol. The fourth-order valence-electron chi connectivity index (χ4n) is 4.03. The minimum absolute atomic E-state index is 0.101.